The second kappa shape index (κ2) is 8.34. The molecule has 0 spiro atoms. The molecule has 130 valence electrons. The van der Waals surface area contributed by atoms with Crippen LogP contribution in [0.15, 0.2) is 60.7 Å². The zero-order valence-corrected chi connectivity index (χ0v) is 15.0. The van der Waals surface area contributed by atoms with Crippen LogP contribution in [0.25, 0.3) is 11.1 Å². The Kier molecular flexibility index (Phi) is 6.18. The van der Waals surface area contributed by atoms with Crippen molar-refractivity contribution in [3.63, 3.8) is 0 Å². The molecule has 0 bridgehead atoms. The lowest BCUT2D eigenvalue weighted by atomic mass is 9.91. The van der Waals surface area contributed by atoms with Crippen molar-refractivity contribution in [3.05, 3.63) is 71.8 Å². The Hall–Kier alpha value is -2.81. The highest BCUT2D eigenvalue weighted by Crippen LogP contribution is 2.32. The molecule has 0 fully saturated rings. The van der Waals surface area contributed by atoms with Gasteiger partial charge in [-0.2, -0.15) is 0 Å². The number of ether oxygens (including phenoxy) is 1. The van der Waals surface area contributed by atoms with Gasteiger partial charge in [-0.25, -0.2) is 4.79 Å². The van der Waals surface area contributed by atoms with Gasteiger partial charge in [-0.05, 0) is 66.3 Å². The van der Waals surface area contributed by atoms with Crippen LogP contribution in [0.1, 0.15) is 44.7 Å². The number of carbonyl (C=O) groups excluding carboxylic acids is 1. The van der Waals surface area contributed by atoms with E-state index in [4.69, 9.17) is 4.74 Å². The number of rotatable bonds is 6. The predicted octanol–water partition coefficient (Wildman–Crippen LogP) is 5.60. The molecule has 0 amide bonds. The van der Waals surface area contributed by atoms with Crippen molar-refractivity contribution < 1.29 is 14.6 Å². The number of allylic oxidation sites excluding steroid dienone is 2. The van der Waals surface area contributed by atoms with Crippen LogP contribution in [0.5, 0.6) is 11.5 Å². The van der Waals surface area contributed by atoms with Crippen LogP contribution in [0.4, 0.5) is 0 Å². The molecule has 3 nitrogen and oxygen atoms in total. The highest BCUT2D eigenvalue weighted by molar-refractivity contribution is 5.91. The number of esters is 1. The Morgan fingerprint density at radius 2 is 1.36 bits per heavy atom. The molecule has 1 N–H and O–H groups in total. The van der Waals surface area contributed by atoms with E-state index in [0.29, 0.717) is 11.3 Å². The van der Waals surface area contributed by atoms with Gasteiger partial charge >= 0.3 is 5.97 Å². The van der Waals surface area contributed by atoms with E-state index in [1.54, 1.807) is 31.2 Å². The van der Waals surface area contributed by atoms with Gasteiger partial charge in [-0.3, -0.25) is 0 Å². The highest BCUT2D eigenvalue weighted by atomic mass is 16.5. The standard InChI is InChI=1S/C22H24O3/c1-5-20(16-7-11-18(23)12-8-16)21(6-2)17-9-13-19(14-10-17)25-22(24)15(3)4/h7-14,23H,3,5-6H2,1-2,4H3/b21-20+. The van der Waals surface area contributed by atoms with E-state index in [0.717, 1.165) is 24.0 Å². The lowest BCUT2D eigenvalue weighted by molar-refractivity contribution is -0.130. The molecule has 2 aromatic rings. The number of phenolic OH excluding ortho intramolecular Hbond substituents is 1. The molecule has 0 aliphatic carbocycles. The summed E-state index contributed by atoms with van der Waals surface area (Å²) in [5, 5.41) is 9.50. The number of benzene rings is 2. The first-order valence-corrected chi connectivity index (χ1v) is 8.45. The van der Waals surface area contributed by atoms with Gasteiger partial charge in [-0.15, -0.1) is 0 Å². The van der Waals surface area contributed by atoms with Crippen LogP contribution in [0, 0.1) is 0 Å². The average molecular weight is 336 g/mol. The molecule has 0 heterocycles. The third-order valence-electron chi connectivity index (χ3n) is 4.05. The molecule has 25 heavy (non-hydrogen) atoms. The second-order valence-corrected chi connectivity index (χ2v) is 5.91. The highest BCUT2D eigenvalue weighted by Gasteiger charge is 2.10. The quantitative estimate of drug-likeness (QED) is 0.323. The van der Waals surface area contributed by atoms with E-state index in [-0.39, 0.29) is 5.75 Å². The van der Waals surface area contributed by atoms with E-state index >= 15 is 0 Å². The van der Waals surface area contributed by atoms with E-state index in [1.807, 2.05) is 24.3 Å². The molecule has 0 aliphatic heterocycles. The van der Waals surface area contributed by atoms with E-state index in [1.165, 1.54) is 11.1 Å². The fourth-order valence-corrected chi connectivity index (χ4v) is 2.76. The SMILES string of the molecule is C=C(C)C(=O)Oc1ccc(/C(CC)=C(\CC)c2ccc(O)cc2)cc1. The summed E-state index contributed by atoms with van der Waals surface area (Å²) < 4.78 is 5.25. The molecule has 0 aromatic heterocycles. The molecular weight excluding hydrogens is 312 g/mol. The topological polar surface area (TPSA) is 46.5 Å². The van der Waals surface area contributed by atoms with Gasteiger partial charge in [0.1, 0.15) is 11.5 Å². The van der Waals surface area contributed by atoms with Crippen LogP contribution in [-0.2, 0) is 4.79 Å². The first-order valence-electron chi connectivity index (χ1n) is 8.45. The summed E-state index contributed by atoms with van der Waals surface area (Å²) in [4.78, 5) is 11.6. The zero-order valence-electron chi connectivity index (χ0n) is 15.0. The third-order valence-corrected chi connectivity index (χ3v) is 4.05. The van der Waals surface area contributed by atoms with Crippen molar-refractivity contribution in [1.82, 2.24) is 0 Å². The van der Waals surface area contributed by atoms with Gasteiger partial charge in [-0.1, -0.05) is 44.7 Å². The Morgan fingerprint density at radius 1 is 0.920 bits per heavy atom. The summed E-state index contributed by atoms with van der Waals surface area (Å²) in [6, 6.07) is 14.8. The lowest BCUT2D eigenvalue weighted by Gasteiger charge is -2.15. The van der Waals surface area contributed by atoms with Crippen LogP contribution >= 0.6 is 0 Å². The summed E-state index contributed by atoms with van der Waals surface area (Å²) in [5.74, 6) is 0.355. The average Bonchev–Trinajstić information content (AvgIpc) is 2.61. The van der Waals surface area contributed by atoms with Gasteiger partial charge in [0.2, 0.25) is 0 Å². The molecule has 0 radical (unpaired) electrons. The van der Waals surface area contributed by atoms with Gasteiger partial charge in [0, 0.05) is 5.57 Å². The molecule has 3 heteroatoms. The molecule has 0 saturated heterocycles. The summed E-state index contributed by atoms with van der Waals surface area (Å²) >= 11 is 0. The first kappa shape index (κ1) is 18.5. The van der Waals surface area contributed by atoms with Gasteiger partial charge in [0.15, 0.2) is 0 Å². The van der Waals surface area contributed by atoms with Crippen LogP contribution in [0.2, 0.25) is 0 Å². The van der Waals surface area contributed by atoms with Crippen molar-refractivity contribution in [2.45, 2.75) is 33.6 Å². The maximum Gasteiger partial charge on any atom is 0.338 e. The predicted molar refractivity (Wildman–Crippen MR) is 102 cm³/mol. The third kappa shape index (κ3) is 4.60. The second-order valence-electron chi connectivity index (χ2n) is 5.91. The molecule has 2 rings (SSSR count). The van der Waals surface area contributed by atoms with Crippen LogP contribution in [-0.4, -0.2) is 11.1 Å². The van der Waals surface area contributed by atoms with Crippen LogP contribution < -0.4 is 4.74 Å². The number of hydrogen-bond acceptors (Lipinski definition) is 3. The Morgan fingerprint density at radius 3 is 1.76 bits per heavy atom. The largest absolute Gasteiger partial charge is 0.508 e. The number of carbonyl (C=O) groups is 1. The minimum Gasteiger partial charge on any atom is -0.508 e. The van der Waals surface area contributed by atoms with Crippen molar-refractivity contribution >= 4 is 17.1 Å². The van der Waals surface area contributed by atoms with E-state index in [2.05, 4.69) is 20.4 Å². The van der Waals surface area contributed by atoms with Crippen molar-refractivity contribution in [3.8, 4) is 11.5 Å². The van der Waals surface area contributed by atoms with Gasteiger partial charge < -0.3 is 9.84 Å². The maximum absolute atomic E-state index is 11.6. The number of aromatic hydroxyl groups is 1. The maximum atomic E-state index is 11.6. The van der Waals surface area contributed by atoms with E-state index in [9.17, 15) is 9.90 Å². The van der Waals surface area contributed by atoms with Crippen molar-refractivity contribution in [1.29, 1.82) is 0 Å². The molecule has 0 saturated carbocycles. The summed E-state index contributed by atoms with van der Waals surface area (Å²) in [5.41, 5.74) is 5.07. The summed E-state index contributed by atoms with van der Waals surface area (Å²) in [7, 11) is 0. The Bertz CT molecular complexity index is 781. The van der Waals surface area contributed by atoms with Crippen molar-refractivity contribution in [2.75, 3.05) is 0 Å². The Balaban J connectivity index is 2.36. The smallest absolute Gasteiger partial charge is 0.338 e. The van der Waals surface area contributed by atoms with Gasteiger partial charge in [0.05, 0.1) is 0 Å². The van der Waals surface area contributed by atoms with Crippen molar-refractivity contribution in [2.24, 2.45) is 0 Å². The van der Waals surface area contributed by atoms with Gasteiger partial charge in [0.25, 0.3) is 0 Å². The minimum absolute atomic E-state index is 0.265. The fourth-order valence-electron chi connectivity index (χ4n) is 2.76. The van der Waals surface area contributed by atoms with Crippen LogP contribution in [0.3, 0.4) is 0 Å². The molecule has 2 aromatic carbocycles. The monoisotopic (exact) mass is 336 g/mol. The summed E-state index contributed by atoms with van der Waals surface area (Å²) in [6.07, 6.45) is 1.77. The summed E-state index contributed by atoms with van der Waals surface area (Å²) in [6.45, 7) is 9.46. The lowest BCUT2D eigenvalue weighted by Crippen LogP contribution is -2.08. The number of phenols is 1. The first-order chi connectivity index (χ1) is 12.0. The molecule has 0 aliphatic rings. The molecule has 0 atom stereocenters. The number of hydrogen-bond donors (Lipinski definition) is 1. The van der Waals surface area contributed by atoms with E-state index < -0.39 is 5.97 Å². The molecular formula is C22H24O3. The molecule has 0 unspecified atom stereocenters. The Labute approximate surface area is 149 Å². The minimum atomic E-state index is -0.419. The zero-order chi connectivity index (χ0) is 18.4. The normalized spacial score (nSPS) is 11.6. The fraction of sp³-hybridized carbons (Fsp3) is 0.227.